The Morgan fingerprint density at radius 3 is 2.63 bits per heavy atom. The van der Waals surface area contributed by atoms with Crippen molar-refractivity contribution in [3.05, 3.63) is 64.1 Å². The van der Waals surface area contributed by atoms with E-state index in [0.717, 1.165) is 62.1 Å². The Bertz CT molecular complexity index is 832. The van der Waals surface area contributed by atoms with Gasteiger partial charge in [0.15, 0.2) is 0 Å². The minimum absolute atomic E-state index is 0.0251. The van der Waals surface area contributed by atoms with Gasteiger partial charge in [0, 0.05) is 37.8 Å². The van der Waals surface area contributed by atoms with Crippen LogP contribution < -0.4 is 10.1 Å². The zero-order valence-corrected chi connectivity index (χ0v) is 18.8. The maximum Gasteiger partial charge on any atom is 0.251 e. The Hall–Kier alpha value is -1.89. The van der Waals surface area contributed by atoms with Crippen LogP contribution in [0.2, 0.25) is 0 Å². The predicted molar refractivity (Wildman–Crippen MR) is 121 cm³/mol. The standard InChI is InChI=1S/C24H29BrN2O3/c25-22-15-19(8-9-23(22)30-17-21-7-4-14-29-21)24(28)26-20-10-12-27(13-11-20)16-18-5-2-1-3-6-18/h1-3,5-6,8-9,15,20-21H,4,7,10-14,16-17H2,(H,26,28). The number of nitrogens with one attached hydrogen (secondary N) is 1. The van der Waals surface area contributed by atoms with E-state index in [1.807, 2.05) is 24.3 Å². The quantitative estimate of drug-likeness (QED) is 0.648. The summed E-state index contributed by atoms with van der Waals surface area (Å²) < 4.78 is 12.2. The van der Waals surface area contributed by atoms with Crippen molar-refractivity contribution in [2.45, 2.75) is 44.4 Å². The Morgan fingerprint density at radius 2 is 1.93 bits per heavy atom. The van der Waals surface area contributed by atoms with Crippen molar-refractivity contribution in [2.24, 2.45) is 0 Å². The summed E-state index contributed by atoms with van der Waals surface area (Å²) in [6.45, 7) is 4.34. The lowest BCUT2D eigenvalue weighted by atomic mass is 10.0. The summed E-state index contributed by atoms with van der Waals surface area (Å²) >= 11 is 3.54. The molecule has 160 valence electrons. The monoisotopic (exact) mass is 472 g/mol. The van der Waals surface area contributed by atoms with Gasteiger partial charge in [-0.15, -0.1) is 0 Å². The first-order chi connectivity index (χ1) is 14.7. The Balaban J connectivity index is 1.24. The molecule has 0 bridgehead atoms. The van der Waals surface area contributed by atoms with Crippen LogP contribution in [0.4, 0.5) is 0 Å². The van der Waals surface area contributed by atoms with Crippen LogP contribution in [0.25, 0.3) is 0 Å². The Labute approximate surface area is 186 Å². The van der Waals surface area contributed by atoms with Crippen LogP contribution in [0.1, 0.15) is 41.6 Å². The van der Waals surface area contributed by atoms with Gasteiger partial charge in [0.25, 0.3) is 5.91 Å². The molecule has 30 heavy (non-hydrogen) atoms. The van der Waals surface area contributed by atoms with Gasteiger partial charge in [-0.25, -0.2) is 0 Å². The molecule has 2 heterocycles. The van der Waals surface area contributed by atoms with E-state index in [1.54, 1.807) is 0 Å². The van der Waals surface area contributed by atoms with Gasteiger partial charge in [0.1, 0.15) is 12.4 Å². The van der Waals surface area contributed by atoms with Gasteiger partial charge in [-0.3, -0.25) is 9.69 Å². The highest BCUT2D eigenvalue weighted by Gasteiger charge is 2.22. The zero-order valence-electron chi connectivity index (χ0n) is 17.2. The fraction of sp³-hybridized carbons (Fsp3) is 0.458. The molecule has 2 saturated heterocycles. The molecule has 2 aromatic rings. The van der Waals surface area contributed by atoms with Crippen LogP contribution in [0, 0.1) is 0 Å². The van der Waals surface area contributed by atoms with Gasteiger partial charge in [-0.1, -0.05) is 30.3 Å². The molecule has 2 aliphatic rings. The molecule has 1 N–H and O–H groups in total. The minimum atomic E-state index is -0.0251. The van der Waals surface area contributed by atoms with E-state index in [9.17, 15) is 4.79 Å². The molecule has 2 fully saturated rings. The van der Waals surface area contributed by atoms with Crippen molar-refractivity contribution in [2.75, 3.05) is 26.3 Å². The van der Waals surface area contributed by atoms with Gasteiger partial charge < -0.3 is 14.8 Å². The Kier molecular flexibility index (Phi) is 7.42. The highest BCUT2D eigenvalue weighted by atomic mass is 79.9. The SMILES string of the molecule is O=C(NC1CCN(Cc2ccccc2)CC1)c1ccc(OCC2CCCO2)c(Br)c1. The summed E-state index contributed by atoms with van der Waals surface area (Å²) in [6.07, 6.45) is 4.26. The fourth-order valence-corrected chi connectivity index (χ4v) is 4.56. The topological polar surface area (TPSA) is 50.8 Å². The second-order valence-electron chi connectivity index (χ2n) is 8.10. The zero-order chi connectivity index (χ0) is 20.8. The number of rotatable bonds is 7. The second kappa shape index (κ2) is 10.4. The third-order valence-corrected chi connectivity index (χ3v) is 6.43. The summed E-state index contributed by atoms with van der Waals surface area (Å²) in [5, 5.41) is 3.20. The number of hydrogen-bond donors (Lipinski definition) is 1. The van der Waals surface area contributed by atoms with Crippen molar-refractivity contribution >= 4 is 21.8 Å². The number of piperidine rings is 1. The molecule has 0 aliphatic carbocycles. The molecule has 5 nitrogen and oxygen atoms in total. The summed E-state index contributed by atoms with van der Waals surface area (Å²) in [6, 6.07) is 16.3. The van der Waals surface area contributed by atoms with E-state index in [2.05, 4.69) is 50.4 Å². The Morgan fingerprint density at radius 1 is 1.13 bits per heavy atom. The fourth-order valence-electron chi connectivity index (χ4n) is 4.06. The van der Waals surface area contributed by atoms with Gasteiger partial charge in [-0.05, 0) is 65.4 Å². The number of benzene rings is 2. The molecular formula is C24H29BrN2O3. The highest BCUT2D eigenvalue weighted by Crippen LogP contribution is 2.27. The number of hydrogen-bond acceptors (Lipinski definition) is 4. The van der Waals surface area contributed by atoms with Crippen molar-refractivity contribution in [3.63, 3.8) is 0 Å². The molecule has 0 aromatic heterocycles. The van der Waals surface area contributed by atoms with Crippen LogP contribution >= 0.6 is 15.9 Å². The average molecular weight is 473 g/mol. The molecule has 1 atom stereocenters. The van der Waals surface area contributed by atoms with Crippen LogP contribution in [0.15, 0.2) is 53.0 Å². The second-order valence-corrected chi connectivity index (χ2v) is 8.96. The molecule has 6 heteroatoms. The van der Waals surface area contributed by atoms with E-state index >= 15 is 0 Å². The number of likely N-dealkylation sites (tertiary alicyclic amines) is 1. The molecule has 1 unspecified atom stereocenters. The van der Waals surface area contributed by atoms with Crippen molar-refractivity contribution in [3.8, 4) is 5.75 Å². The summed E-state index contributed by atoms with van der Waals surface area (Å²) in [5.74, 6) is 0.721. The third kappa shape index (κ3) is 5.84. The molecule has 0 spiro atoms. The molecule has 1 amide bonds. The van der Waals surface area contributed by atoms with Gasteiger partial charge in [0.05, 0.1) is 10.6 Å². The number of carbonyl (C=O) groups excluding carboxylic acids is 1. The maximum absolute atomic E-state index is 12.7. The predicted octanol–water partition coefficient (Wildman–Crippen LogP) is 4.40. The smallest absolute Gasteiger partial charge is 0.251 e. The van der Waals surface area contributed by atoms with Crippen LogP contribution in [0.3, 0.4) is 0 Å². The van der Waals surface area contributed by atoms with Crippen molar-refractivity contribution in [1.29, 1.82) is 0 Å². The van der Waals surface area contributed by atoms with Gasteiger partial charge in [0.2, 0.25) is 0 Å². The maximum atomic E-state index is 12.7. The largest absolute Gasteiger partial charge is 0.490 e. The first kappa shape index (κ1) is 21.3. The molecular weight excluding hydrogens is 444 g/mol. The number of nitrogens with zero attached hydrogens (tertiary/aromatic N) is 1. The summed E-state index contributed by atoms with van der Waals surface area (Å²) in [5.41, 5.74) is 1.99. The highest BCUT2D eigenvalue weighted by molar-refractivity contribution is 9.10. The molecule has 0 saturated carbocycles. The summed E-state index contributed by atoms with van der Waals surface area (Å²) in [7, 11) is 0. The van der Waals surface area contributed by atoms with E-state index < -0.39 is 0 Å². The van der Waals surface area contributed by atoms with Crippen LogP contribution in [-0.4, -0.2) is 49.3 Å². The molecule has 4 rings (SSSR count). The number of amides is 1. The number of ether oxygens (including phenoxy) is 2. The lowest BCUT2D eigenvalue weighted by Crippen LogP contribution is -2.44. The van der Waals surface area contributed by atoms with E-state index in [0.29, 0.717) is 12.2 Å². The van der Waals surface area contributed by atoms with Crippen molar-refractivity contribution < 1.29 is 14.3 Å². The van der Waals surface area contributed by atoms with E-state index in [-0.39, 0.29) is 18.1 Å². The first-order valence-corrected chi connectivity index (χ1v) is 11.6. The lowest BCUT2D eigenvalue weighted by Gasteiger charge is -2.32. The van der Waals surface area contributed by atoms with Gasteiger partial charge in [-0.2, -0.15) is 0 Å². The minimum Gasteiger partial charge on any atom is -0.490 e. The third-order valence-electron chi connectivity index (χ3n) is 5.81. The average Bonchev–Trinajstić information content (AvgIpc) is 3.28. The van der Waals surface area contributed by atoms with E-state index in [1.165, 1.54) is 5.56 Å². The number of carbonyl (C=O) groups is 1. The molecule has 2 aromatic carbocycles. The van der Waals surface area contributed by atoms with E-state index in [4.69, 9.17) is 9.47 Å². The summed E-state index contributed by atoms with van der Waals surface area (Å²) in [4.78, 5) is 15.2. The lowest BCUT2D eigenvalue weighted by molar-refractivity contribution is 0.0676. The first-order valence-electron chi connectivity index (χ1n) is 10.8. The van der Waals surface area contributed by atoms with Crippen LogP contribution in [-0.2, 0) is 11.3 Å². The van der Waals surface area contributed by atoms with Gasteiger partial charge >= 0.3 is 0 Å². The molecule has 2 aliphatic heterocycles. The normalized spacial score (nSPS) is 20.2. The van der Waals surface area contributed by atoms with Crippen molar-refractivity contribution in [1.82, 2.24) is 10.2 Å². The number of halogens is 1. The van der Waals surface area contributed by atoms with Crippen LogP contribution in [0.5, 0.6) is 5.75 Å². The molecule has 0 radical (unpaired) electrons.